The van der Waals surface area contributed by atoms with E-state index in [1.807, 2.05) is 30.3 Å². The van der Waals surface area contributed by atoms with Crippen LogP contribution in [-0.2, 0) is 12.8 Å². The second-order valence-electron chi connectivity index (χ2n) is 5.15. The maximum absolute atomic E-state index is 10.5. The summed E-state index contributed by atoms with van der Waals surface area (Å²) < 4.78 is 11.9. The molecule has 21 heavy (non-hydrogen) atoms. The molecule has 2 aromatic rings. The molecule has 4 heteroatoms. The largest absolute Gasteiger partial charge is 0.497 e. The van der Waals surface area contributed by atoms with Gasteiger partial charge in [0.25, 0.3) is 0 Å². The fourth-order valence-electron chi connectivity index (χ4n) is 2.67. The summed E-state index contributed by atoms with van der Waals surface area (Å²) in [6.45, 7) is 0.716. The zero-order valence-corrected chi connectivity index (χ0v) is 13.4. The van der Waals surface area contributed by atoms with Crippen LogP contribution >= 0.6 is 15.9 Å². The van der Waals surface area contributed by atoms with Crippen LogP contribution in [0.1, 0.15) is 22.8 Å². The lowest BCUT2D eigenvalue weighted by molar-refractivity contribution is 0.176. The second kappa shape index (κ2) is 6.08. The molecule has 3 nitrogen and oxygen atoms in total. The van der Waals surface area contributed by atoms with Crippen molar-refractivity contribution in [2.75, 3.05) is 13.7 Å². The summed E-state index contributed by atoms with van der Waals surface area (Å²) in [7, 11) is 1.63. The molecule has 1 aliphatic heterocycles. The molecule has 1 unspecified atom stereocenters. The van der Waals surface area contributed by atoms with E-state index in [2.05, 4.69) is 22.0 Å². The van der Waals surface area contributed by atoms with Gasteiger partial charge in [-0.15, -0.1) is 0 Å². The molecule has 0 bridgehead atoms. The normalized spacial score (nSPS) is 14.4. The van der Waals surface area contributed by atoms with E-state index in [4.69, 9.17) is 9.47 Å². The quantitative estimate of drug-likeness (QED) is 0.916. The van der Waals surface area contributed by atoms with Crippen LogP contribution in [0.4, 0.5) is 0 Å². The van der Waals surface area contributed by atoms with Gasteiger partial charge in [0, 0.05) is 17.3 Å². The number of rotatable bonds is 4. The number of fused-ring (bicyclic) bond motifs is 1. The van der Waals surface area contributed by atoms with Crippen molar-refractivity contribution in [3.8, 4) is 11.5 Å². The van der Waals surface area contributed by atoms with Crippen LogP contribution in [0.3, 0.4) is 0 Å². The summed E-state index contributed by atoms with van der Waals surface area (Å²) in [5.74, 6) is 1.68. The lowest BCUT2D eigenvalue weighted by atomic mass is 9.98. The van der Waals surface area contributed by atoms with Crippen LogP contribution in [0, 0.1) is 0 Å². The Morgan fingerprint density at radius 3 is 3.00 bits per heavy atom. The number of ether oxygens (including phenoxy) is 2. The molecule has 0 amide bonds. The summed E-state index contributed by atoms with van der Waals surface area (Å²) in [6, 6.07) is 11.6. The summed E-state index contributed by atoms with van der Waals surface area (Å²) >= 11 is 3.53. The van der Waals surface area contributed by atoms with Crippen LogP contribution < -0.4 is 9.47 Å². The van der Waals surface area contributed by atoms with E-state index < -0.39 is 6.10 Å². The first kappa shape index (κ1) is 14.4. The van der Waals surface area contributed by atoms with E-state index in [0.29, 0.717) is 13.0 Å². The topological polar surface area (TPSA) is 38.7 Å². The third-order valence-electron chi connectivity index (χ3n) is 3.72. The van der Waals surface area contributed by atoms with Crippen molar-refractivity contribution in [1.29, 1.82) is 0 Å². The number of aliphatic hydroxyl groups excluding tert-OH is 1. The molecular weight excluding hydrogens is 332 g/mol. The van der Waals surface area contributed by atoms with E-state index in [-0.39, 0.29) is 0 Å². The Hall–Kier alpha value is -1.52. The zero-order chi connectivity index (χ0) is 14.8. The number of methoxy groups -OCH3 is 1. The monoisotopic (exact) mass is 348 g/mol. The minimum Gasteiger partial charge on any atom is -0.497 e. The van der Waals surface area contributed by atoms with Gasteiger partial charge in [0.15, 0.2) is 0 Å². The number of aliphatic hydroxyl groups is 1. The van der Waals surface area contributed by atoms with Gasteiger partial charge >= 0.3 is 0 Å². The minimum absolute atomic E-state index is 0.523. The Bertz CT molecular complexity index is 654. The van der Waals surface area contributed by atoms with Gasteiger partial charge in [-0.3, -0.25) is 0 Å². The van der Waals surface area contributed by atoms with Crippen molar-refractivity contribution in [2.24, 2.45) is 0 Å². The fourth-order valence-corrected chi connectivity index (χ4v) is 3.23. The Kier molecular flexibility index (Phi) is 4.17. The van der Waals surface area contributed by atoms with Gasteiger partial charge in [0.1, 0.15) is 11.5 Å². The highest BCUT2D eigenvalue weighted by molar-refractivity contribution is 9.10. The number of halogens is 1. The van der Waals surface area contributed by atoms with Crippen molar-refractivity contribution in [2.45, 2.75) is 18.9 Å². The van der Waals surface area contributed by atoms with Crippen molar-refractivity contribution in [1.82, 2.24) is 0 Å². The van der Waals surface area contributed by atoms with Gasteiger partial charge in [-0.1, -0.05) is 28.1 Å². The Balaban J connectivity index is 1.86. The van der Waals surface area contributed by atoms with Crippen LogP contribution in [0.15, 0.2) is 40.9 Å². The van der Waals surface area contributed by atoms with E-state index >= 15 is 0 Å². The highest BCUT2D eigenvalue weighted by atomic mass is 79.9. The first-order valence-corrected chi connectivity index (χ1v) is 7.73. The van der Waals surface area contributed by atoms with Crippen molar-refractivity contribution < 1.29 is 14.6 Å². The first-order chi connectivity index (χ1) is 10.2. The van der Waals surface area contributed by atoms with Crippen LogP contribution in [0.2, 0.25) is 0 Å². The Labute approximate surface area is 132 Å². The molecule has 3 rings (SSSR count). The van der Waals surface area contributed by atoms with Gasteiger partial charge < -0.3 is 14.6 Å². The second-order valence-corrected chi connectivity index (χ2v) is 6.06. The minimum atomic E-state index is -0.581. The van der Waals surface area contributed by atoms with Gasteiger partial charge in [-0.05, 0) is 41.0 Å². The number of hydrogen-bond donors (Lipinski definition) is 1. The third kappa shape index (κ3) is 3.06. The van der Waals surface area contributed by atoms with Gasteiger partial charge in [0.05, 0.1) is 19.8 Å². The highest BCUT2D eigenvalue weighted by Crippen LogP contribution is 2.35. The molecule has 1 atom stereocenters. The molecule has 0 spiro atoms. The molecule has 2 aromatic carbocycles. The lowest BCUT2D eigenvalue weighted by Gasteiger charge is -2.15. The fraction of sp³-hybridized carbons (Fsp3) is 0.294. The molecule has 0 aliphatic carbocycles. The summed E-state index contributed by atoms with van der Waals surface area (Å²) in [5.41, 5.74) is 3.09. The zero-order valence-electron chi connectivity index (χ0n) is 11.8. The smallest absolute Gasteiger partial charge is 0.125 e. The van der Waals surface area contributed by atoms with Crippen LogP contribution in [0.5, 0.6) is 11.5 Å². The summed E-state index contributed by atoms with van der Waals surface area (Å²) in [6.07, 6.45) is 0.870. The van der Waals surface area contributed by atoms with Crippen molar-refractivity contribution in [3.05, 3.63) is 57.6 Å². The van der Waals surface area contributed by atoms with Gasteiger partial charge in [-0.2, -0.15) is 0 Å². The predicted octanol–water partition coefficient (Wildman–Crippen LogP) is 3.67. The van der Waals surface area contributed by atoms with Crippen molar-refractivity contribution in [3.63, 3.8) is 0 Å². The molecule has 0 radical (unpaired) electrons. The Morgan fingerprint density at radius 1 is 1.33 bits per heavy atom. The number of benzene rings is 2. The molecule has 0 saturated carbocycles. The third-order valence-corrected chi connectivity index (χ3v) is 4.18. The molecule has 1 aliphatic rings. The molecule has 0 saturated heterocycles. The average molecular weight is 349 g/mol. The standard InChI is InChI=1S/C17H17BrO3/c1-20-15-4-2-3-11(9-15)16(19)10-13-8-14(18)7-12-5-6-21-17(12)13/h2-4,7-9,16,19H,5-6,10H2,1H3. The molecular formula is C17H17BrO3. The molecule has 0 aromatic heterocycles. The first-order valence-electron chi connectivity index (χ1n) is 6.93. The maximum atomic E-state index is 10.5. The van der Waals surface area contributed by atoms with E-state index in [1.54, 1.807) is 7.11 Å². The van der Waals surface area contributed by atoms with E-state index in [1.165, 1.54) is 5.56 Å². The molecule has 1 heterocycles. The summed E-state index contributed by atoms with van der Waals surface area (Å²) in [4.78, 5) is 0. The van der Waals surface area contributed by atoms with E-state index in [0.717, 1.165) is 33.5 Å². The van der Waals surface area contributed by atoms with E-state index in [9.17, 15) is 5.11 Å². The number of hydrogen-bond acceptors (Lipinski definition) is 3. The van der Waals surface area contributed by atoms with Gasteiger partial charge in [0.2, 0.25) is 0 Å². The molecule has 110 valence electrons. The van der Waals surface area contributed by atoms with Crippen LogP contribution in [0.25, 0.3) is 0 Å². The highest BCUT2D eigenvalue weighted by Gasteiger charge is 2.20. The Morgan fingerprint density at radius 2 is 2.19 bits per heavy atom. The molecule has 1 N–H and O–H groups in total. The predicted molar refractivity (Wildman–Crippen MR) is 85.0 cm³/mol. The van der Waals surface area contributed by atoms with Gasteiger partial charge in [-0.25, -0.2) is 0 Å². The van der Waals surface area contributed by atoms with Crippen molar-refractivity contribution >= 4 is 15.9 Å². The SMILES string of the molecule is COc1cccc(C(O)Cc2cc(Br)cc3c2OCC3)c1. The average Bonchev–Trinajstić information content (AvgIpc) is 2.95. The summed E-state index contributed by atoms with van der Waals surface area (Å²) in [5, 5.41) is 10.5. The van der Waals surface area contributed by atoms with Crippen LogP contribution in [-0.4, -0.2) is 18.8 Å². The molecule has 0 fully saturated rings. The maximum Gasteiger partial charge on any atom is 0.125 e. The lowest BCUT2D eigenvalue weighted by Crippen LogP contribution is -2.03.